The van der Waals surface area contributed by atoms with Crippen LogP contribution in [0.15, 0.2) is 24.3 Å². The molecule has 0 spiro atoms. The fourth-order valence-corrected chi connectivity index (χ4v) is 3.51. The summed E-state index contributed by atoms with van der Waals surface area (Å²) in [5.74, 6) is -1.10. The van der Waals surface area contributed by atoms with Crippen LogP contribution < -0.4 is 0 Å². The molecule has 0 fully saturated rings. The van der Waals surface area contributed by atoms with E-state index in [9.17, 15) is 19.2 Å². The van der Waals surface area contributed by atoms with Gasteiger partial charge in [0, 0.05) is 18.7 Å². The number of benzene rings is 1. The molecule has 7 nitrogen and oxygen atoms in total. The number of halogens is 1. The Labute approximate surface area is 174 Å². The minimum atomic E-state index is -0.662. The number of carbonyl (C=O) groups is 2. The lowest BCUT2D eigenvalue weighted by Gasteiger charge is -2.31. The van der Waals surface area contributed by atoms with Crippen LogP contribution in [0.1, 0.15) is 49.4 Å². The molecule has 2 aromatic rings. The van der Waals surface area contributed by atoms with Crippen molar-refractivity contribution in [1.29, 1.82) is 5.26 Å². The highest BCUT2D eigenvalue weighted by atomic mass is 19.1. The van der Waals surface area contributed by atoms with E-state index in [1.807, 2.05) is 0 Å². The number of amides is 1. The van der Waals surface area contributed by atoms with E-state index in [1.165, 1.54) is 23.1 Å². The molecule has 1 aromatic carbocycles. The molecule has 0 radical (unpaired) electrons. The molecule has 1 aliphatic rings. The number of ether oxygens (including phenoxy) is 2. The Balaban J connectivity index is 2.14. The van der Waals surface area contributed by atoms with Gasteiger partial charge in [0.25, 0.3) is 0 Å². The zero-order chi connectivity index (χ0) is 22.1. The first-order chi connectivity index (χ1) is 14.2. The highest BCUT2D eigenvalue weighted by Crippen LogP contribution is 2.36. The van der Waals surface area contributed by atoms with E-state index in [-0.39, 0.29) is 24.4 Å². The Hall–Kier alpha value is -3.34. The van der Waals surface area contributed by atoms with Crippen molar-refractivity contribution < 1.29 is 23.5 Å². The third kappa shape index (κ3) is 4.15. The molecule has 1 amide bonds. The second-order valence-corrected chi connectivity index (χ2v) is 7.94. The van der Waals surface area contributed by atoms with E-state index in [1.54, 1.807) is 38.3 Å². The van der Waals surface area contributed by atoms with Gasteiger partial charge in [-0.3, -0.25) is 0 Å². The summed E-state index contributed by atoms with van der Waals surface area (Å²) < 4.78 is 26.3. The summed E-state index contributed by atoms with van der Waals surface area (Å²) in [5, 5.41) is 9.84. The Bertz CT molecular complexity index is 1030. The van der Waals surface area contributed by atoms with Gasteiger partial charge in [0.05, 0.1) is 24.4 Å². The Kier molecular flexibility index (Phi) is 5.83. The molecule has 0 saturated carbocycles. The molecule has 3 rings (SSSR count). The van der Waals surface area contributed by atoms with Crippen LogP contribution in [0.5, 0.6) is 0 Å². The Morgan fingerprint density at radius 1 is 1.27 bits per heavy atom. The summed E-state index contributed by atoms with van der Waals surface area (Å²) in [4.78, 5) is 26.9. The maximum absolute atomic E-state index is 13.9. The summed E-state index contributed by atoms with van der Waals surface area (Å²) in [6, 6.07) is 7.86. The highest BCUT2D eigenvalue weighted by molar-refractivity contribution is 6.00. The average Bonchev–Trinajstić information content (AvgIpc) is 3.00. The molecule has 2 heterocycles. The number of hydrogen-bond acceptors (Lipinski definition) is 5. The smallest absolute Gasteiger partial charge is 0.410 e. The van der Waals surface area contributed by atoms with E-state index in [4.69, 9.17) is 9.47 Å². The van der Waals surface area contributed by atoms with Crippen molar-refractivity contribution in [3.05, 3.63) is 47.0 Å². The molecular weight excluding hydrogens is 389 g/mol. The lowest BCUT2D eigenvalue weighted by molar-refractivity contribution is 0.0194. The van der Waals surface area contributed by atoms with Gasteiger partial charge >= 0.3 is 12.1 Å². The van der Waals surface area contributed by atoms with Crippen molar-refractivity contribution in [2.24, 2.45) is 0 Å². The molecular formula is C22H24FN3O4. The largest absolute Gasteiger partial charge is 0.462 e. The molecule has 0 unspecified atom stereocenters. The van der Waals surface area contributed by atoms with Gasteiger partial charge in [0.1, 0.15) is 23.2 Å². The minimum absolute atomic E-state index is 0.0764. The number of fused-ring (bicyclic) bond motifs is 1. The lowest BCUT2D eigenvalue weighted by atomic mass is 10.00. The molecule has 0 atom stereocenters. The molecule has 0 aliphatic carbocycles. The molecule has 0 N–H and O–H groups in total. The third-order valence-corrected chi connectivity index (χ3v) is 4.66. The van der Waals surface area contributed by atoms with Crippen LogP contribution in [0.2, 0.25) is 0 Å². The monoisotopic (exact) mass is 413 g/mol. The zero-order valence-corrected chi connectivity index (χ0v) is 17.5. The van der Waals surface area contributed by atoms with E-state index in [2.05, 4.69) is 6.07 Å². The van der Waals surface area contributed by atoms with Gasteiger partial charge in [0.2, 0.25) is 0 Å². The van der Waals surface area contributed by atoms with Gasteiger partial charge in [-0.05, 0) is 45.4 Å². The van der Waals surface area contributed by atoms with Gasteiger partial charge < -0.3 is 18.9 Å². The molecule has 158 valence electrons. The number of esters is 1. The number of rotatable bonds is 3. The molecule has 0 saturated heterocycles. The number of nitriles is 1. The standard InChI is InChI=1S/C22H24FN3O4/c1-5-29-20(27)19-17-13-25(21(28)30-22(2,3)4)9-10-26(17)16(12-24)18(19)14-7-6-8-15(23)11-14/h6-8,11H,5,9-10,13H2,1-4H3. The Morgan fingerprint density at radius 2 is 2.00 bits per heavy atom. The summed E-state index contributed by atoms with van der Waals surface area (Å²) in [5.41, 5.74) is 0.943. The average molecular weight is 413 g/mol. The van der Waals surface area contributed by atoms with Crippen LogP contribution in [-0.4, -0.2) is 40.3 Å². The molecule has 30 heavy (non-hydrogen) atoms. The van der Waals surface area contributed by atoms with E-state index in [0.29, 0.717) is 29.9 Å². The summed E-state index contributed by atoms with van der Waals surface area (Å²) in [7, 11) is 0. The number of hydrogen-bond donors (Lipinski definition) is 0. The van der Waals surface area contributed by atoms with Crippen molar-refractivity contribution >= 4 is 12.1 Å². The van der Waals surface area contributed by atoms with Gasteiger partial charge in [-0.15, -0.1) is 0 Å². The topological polar surface area (TPSA) is 84.6 Å². The first-order valence-electron chi connectivity index (χ1n) is 9.72. The first-order valence-corrected chi connectivity index (χ1v) is 9.72. The van der Waals surface area contributed by atoms with Crippen molar-refractivity contribution in [2.45, 2.75) is 46.4 Å². The minimum Gasteiger partial charge on any atom is -0.462 e. The van der Waals surface area contributed by atoms with Crippen LogP contribution in [-0.2, 0) is 22.6 Å². The van der Waals surface area contributed by atoms with Crippen LogP contribution in [0.3, 0.4) is 0 Å². The van der Waals surface area contributed by atoms with Gasteiger partial charge in [-0.2, -0.15) is 5.26 Å². The second kappa shape index (κ2) is 8.19. The van der Waals surface area contributed by atoms with Crippen molar-refractivity contribution in [3.8, 4) is 17.2 Å². The first kappa shape index (κ1) is 21.4. The van der Waals surface area contributed by atoms with Crippen molar-refractivity contribution in [2.75, 3.05) is 13.2 Å². The van der Waals surface area contributed by atoms with E-state index in [0.717, 1.165) is 0 Å². The van der Waals surface area contributed by atoms with E-state index < -0.39 is 23.5 Å². The summed E-state index contributed by atoms with van der Waals surface area (Å²) in [6.45, 7) is 7.85. The lowest BCUT2D eigenvalue weighted by Crippen LogP contribution is -2.42. The van der Waals surface area contributed by atoms with Crippen LogP contribution in [0.4, 0.5) is 9.18 Å². The van der Waals surface area contributed by atoms with Crippen molar-refractivity contribution in [1.82, 2.24) is 9.47 Å². The predicted molar refractivity (Wildman–Crippen MR) is 107 cm³/mol. The zero-order valence-electron chi connectivity index (χ0n) is 17.5. The molecule has 1 aromatic heterocycles. The van der Waals surface area contributed by atoms with Crippen LogP contribution in [0.25, 0.3) is 11.1 Å². The quantitative estimate of drug-likeness (QED) is 0.708. The molecule has 8 heteroatoms. The fourth-order valence-electron chi connectivity index (χ4n) is 3.51. The normalized spacial score (nSPS) is 13.4. The Morgan fingerprint density at radius 3 is 2.60 bits per heavy atom. The maximum Gasteiger partial charge on any atom is 0.410 e. The SMILES string of the molecule is CCOC(=O)c1c(-c2cccc(F)c2)c(C#N)n2c1CN(C(=O)OC(C)(C)C)CC2. The fraction of sp³-hybridized carbons (Fsp3) is 0.409. The highest BCUT2D eigenvalue weighted by Gasteiger charge is 2.35. The molecule has 0 bridgehead atoms. The molecule has 1 aliphatic heterocycles. The van der Waals surface area contributed by atoms with Gasteiger partial charge in [-0.1, -0.05) is 12.1 Å². The predicted octanol–water partition coefficient (Wildman–Crippen LogP) is 4.09. The van der Waals surface area contributed by atoms with Gasteiger partial charge in [-0.25, -0.2) is 14.0 Å². The summed E-state index contributed by atoms with van der Waals surface area (Å²) >= 11 is 0. The number of nitrogens with zero attached hydrogens (tertiary/aromatic N) is 3. The van der Waals surface area contributed by atoms with Crippen LogP contribution in [0, 0.1) is 17.1 Å². The van der Waals surface area contributed by atoms with E-state index >= 15 is 0 Å². The number of carbonyl (C=O) groups excluding carboxylic acids is 2. The summed E-state index contributed by atoms with van der Waals surface area (Å²) in [6.07, 6.45) is -0.504. The third-order valence-electron chi connectivity index (χ3n) is 4.66. The second-order valence-electron chi connectivity index (χ2n) is 7.94. The van der Waals surface area contributed by atoms with Gasteiger partial charge in [0.15, 0.2) is 0 Å². The van der Waals surface area contributed by atoms with Crippen LogP contribution >= 0.6 is 0 Å². The van der Waals surface area contributed by atoms with Crippen molar-refractivity contribution in [3.63, 3.8) is 0 Å². The maximum atomic E-state index is 13.9. The number of aromatic nitrogens is 1.